The molecule has 7 rings (SSSR count). The number of ether oxygens (including phenoxy) is 1. The lowest BCUT2D eigenvalue weighted by Gasteiger charge is -2.30. The normalized spacial score (nSPS) is 17.0. The van der Waals surface area contributed by atoms with Crippen LogP contribution in [0.25, 0.3) is 50.1 Å². The number of imidazole rings is 2. The van der Waals surface area contributed by atoms with Crippen molar-refractivity contribution < 1.29 is 14.3 Å². The molecule has 0 saturated carbocycles. The molecule has 3 aromatic carbocycles. The molecule has 1 aliphatic heterocycles. The van der Waals surface area contributed by atoms with Crippen LogP contribution in [0.4, 0.5) is 4.79 Å². The average Bonchev–Trinajstić information content (AvgIpc) is 3.84. The first kappa shape index (κ1) is 30.2. The Hall–Kier alpha value is -5.44. The molecule has 0 bridgehead atoms. The maximum Gasteiger partial charge on any atom is 0.407 e. The Morgan fingerprint density at radius 2 is 1.51 bits per heavy atom. The Labute approximate surface area is 273 Å². The van der Waals surface area contributed by atoms with Gasteiger partial charge in [0.25, 0.3) is 0 Å². The van der Waals surface area contributed by atoms with Crippen LogP contribution in [-0.4, -0.2) is 55.9 Å². The SMILES string of the molecule is COC(=O)N[C@H](C(=O)N1C[C@@H](C)C[C@H]1c1nc2ccc(-c3ccc(-c4ccc(-c5ccc6nccn6c5)cc4)cc3)cc2[nH]1)C(C)C. The lowest BCUT2D eigenvalue weighted by molar-refractivity contribution is -0.135. The summed E-state index contributed by atoms with van der Waals surface area (Å²) in [5.74, 6) is 0.858. The third kappa shape index (κ3) is 5.96. The van der Waals surface area contributed by atoms with Gasteiger partial charge in [-0.3, -0.25) is 4.79 Å². The first-order chi connectivity index (χ1) is 22.8. The van der Waals surface area contributed by atoms with Gasteiger partial charge >= 0.3 is 6.09 Å². The largest absolute Gasteiger partial charge is 0.453 e. The summed E-state index contributed by atoms with van der Waals surface area (Å²) < 4.78 is 6.81. The minimum absolute atomic E-state index is 0.0917. The zero-order valence-electron chi connectivity index (χ0n) is 27.0. The number of rotatable bonds is 7. The molecule has 2 amide bonds. The van der Waals surface area contributed by atoms with Crippen molar-refractivity contribution in [2.45, 2.75) is 39.3 Å². The van der Waals surface area contributed by atoms with Crippen LogP contribution in [0.1, 0.15) is 39.1 Å². The van der Waals surface area contributed by atoms with E-state index in [0.717, 1.165) is 62.3 Å². The monoisotopic (exact) mass is 626 g/mol. The standard InChI is InChI=1S/C38H38N6O3/c1-23(2)35(42-38(46)47-4)37(45)44-21-24(3)19-33(44)36-40-31-15-13-29(20-32(31)41-36)27-9-5-25(6-10-27)26-7-11-28(12-8-26)30-14-16-34-39-17-18-43(34)22-30/h5-18,20,22-24,33,35H,19,21H2,1-4H3,(H,40,41)(H,42,46)/t24-,33-,35-/m0/s1. The van der Waals surface area contributed by atoms with Crippen LogP contribution < -0.4 is 5.32 Å². The lowest BCUT2D eigenvalue weighted by atomic mass is 9.98. The molecule has 238 valence electrons. The molecule has 9 nitrogen and oxygen atoms in total. The first-order valence-corrected chi connectivity index (χ1v) is 16.1. The molecule has 2 N–H and O–H groups in total. The van der Waals surface area contributed by atoms with Crippen molar-refractivity contribution in [1.82, 2.24) is 29.6 Å². The number of alkyl carbamates (subject to hydrolysis) is 1. The number of hydrogen-bond donors (Lipinski definition) is 2. The van der Waals surface area contributed by atoms with Gasteiger partial charge in [0.2, 0.25) is 5.91 Å². The molecule has 1 aliphatic rings. The van der Waals surface area contributed by atoms with E-state index in [1.54, 1.807) is 0 Å². The van der Waals surface area contributed by atoms with Crippen molar-refractivity contribution in [3.8, 4) is 33.4 Å². The number of pyridine rings is 1. The van der Waals surface area contributed by atoms with Gasteiger partial charge in [-0.1, -0.05) is 75.4 Å². The molecule has 3 aromatic heterocycles. The minimum atomic E-state index is -0.676. The molecule has 0 radical (unpaired) electrons. The third-order valence-corrected chi connectivity index (χ3v) is 9.16. The number of carbonyl (C=O) groups is 2. The fraction of sp³-hybridized carbons (Fsp3) is 0.263. The van der Waals surface area contributed by atoms with E-state index in [9.17, 15) is 9.59 Å². The zero-order valence-corrected chi connectivity index (χ0v) is 27.0. The number of nitrogens with zero attached hydrogens (tertiary/aromatic N) is 4. The van der Waals surface area contributed by atoms with Crippen molar-refractivity contribution >= 4 is 28.7 Å². The number of aromatic amines is 1. The topological polar surface area (TPSA) is 105 Å². The number of fused-ring (bicyclic) bond motifs is 2. The summed E-state index contributed by atoms with van der Waals surface area (Å²) in [6.07, 6.45) is 6.05. The van der Waals surface area contributed by atoms with E-state index in [-0.39, 0.29) is 17.9 Å². The minimum Gasteiger partial charge on any atom is -0.453 e. The predicted octanol–water partition coefficient (Wildman–Crippen LogP) is 7.50. The van der Waals surface area contributed by atoms with Gasteiger partial charge in [0.05, 0.1) is 24.2 Å². The van der Waals surface area contributed by atoms with E-state index in [2.05, 4.69) is 95.1 Å². The number of methoxy groups -OCH3 is 1. The highest BCUT2D eigenvalue weighted by Crippen LogP contribution is 2.36. The second-order valence-electron chi connectivity index (χ2n) is 12.8. The molecule has 47 heavy (non-hydrogen) atoms. The van der Waals surface area contributed by atoms with Crippen LogP contribution >= 0.6 is 0 Å². The third-order valence-electron chi connectivity index (χ3n) is 9.16. The Bertz CT molecular complexity index is 2060. The van der Waals surface area contributed by atoms with Gasteiger partial charge in [-0.2, -0.15) is 0 Å². The van der Waals surface area contributed by atoms with Crippen molar-refractivity contribution in [3.63, 3.8) is 0 Å². The van der Waals surface area contributed by atoms with Crippen molar-refractivity contribution in [2.24, 2.45) is 11.8 Å². The zero-order chi connectivity index (χ0) is 32.7. The molecule has 0 spiro atoms. The summed E-state index contributed by atoms with van der Waals surface area (Å²) in [6, 6.07) is 26.7. The van der Waals surface area contributed by atoms with Crippen LogP contribution in [0.5, 0.6) is 0 Å². The molecule has 1 fully saturated rings. The molecular formula is C38H38N6O3. The number of hydrogen-bond acceptors (Lipinski definition) is 5. The van der Waals surface area contributed by atoms with E-state index in [4.69, 9.17) is 9.72 Å². The number of H-pyrrole nitrogens is 1. The van der Waals surface area contributed by atoms with Gasteiger partial charge in [0.15, 0.2) is 0 Å². The molecule has 0 aliphatic carbocycles. The second-order valence-corrected chi connectivity index (χ2v) is 12.8. The number of benzene rings is 3. The average molecular weight is 627 g/mol. The van der Waals surface area contributed by atoms with Crippen molar-refractivity contribution in [3.05, 3.63) is 103 Å². The Balaban J connectivity index is 1.09. The molecule has 9 heteroatoms. The molecule has 1 saturated heterocycles. The summed E-state index contributed by atoms with van der Waals surface area (Å²) in [5.41, 5.74) is 9.51. The van der Waals surface area contributed by atoms with E-state index in [1.807, 2.05) is 47.7 Å². The van der Waals surface area contributed by atoms with E-state index >= 15 is 0 Å². The number of aromatic nitrogens is 4. The van der Waals surface area contributed by atoms with Gasteiger partial charge in [0, 0.05) is 25.1 Å². The highest BCUT2D eigenvalue weighted by atomic mass is 16.5. The van der Waals surface area contributed by atoms with Crippen molar-refractivity contribution in [1.29, 1.82) is 0 Å². The van der Waals surface area contributed by atoms with Crippen LogP contribution in [0.15, 0.2) is 97.5 Å². The second kappa shape index (κ2) is 12.4. The molecule has 3 atom stereocenters. The molecule has 0 unspecified atom stereocenters. The van der Waals surface area contributed by atoms with Gasteiger partial charge in [-0.05, 0) is 75.9 Å². The number of carbonyl (C=O) groups excluding carboxylic acids is 2. The fourth-order valence-corrected chi connectivity index (χ4v) is 6.59. The predicted molar refractivity (Wildman–Crippen MR) is 184 cm³/mol. The summed E-state index contributed by atoms with van der Waals surface area (Å²) in [5, 5.41) is 2.72. The Morgan fingerprint density at radius 3 is 2.17 bits per heavy atom. The fourth-order valence-electron chi connectivity index (χ4n) is 6.59. The van der Waals surface area contributed by atoms with Crippen LogP contribution in [0, 0.1) is 11.8 Å². The van der Waals surface area contributed by atoms with Crippen LogP contribution in [0.2, 0.25) is 0 Å². The molecule has 4 heterocycles. The van der Waals surface area contributed by atoms with Crippen molar-refractivity contribution in [2.75, 3.05) is 13.7 Å². The van der Waals surface area contributed by atoms with E-state index < -0.39 is 12.1 Å². The number of amides is 2. The molecule has 6 aromatic rings. The summed E-state index contributed by atoms with van der Waals surface area (Å²) >= 11 is 0. The number of nitrogens with one attached hydrogen (secondary N) is 2. The summed E-state index contributed by atoms with van der Waals surface area (Å²) in [4.78, 5) is 40.3. The smallest absolute Gasteiger partial charge is 0.407 e. The summed E-state index contributed by atoms with van der Waals surface area (Å²) in [6.45, 7) is 6.58. The Morgan fingerprint density at radius 1 is 0.894 bits per heavy atom. The maximum absolute atomic E-state index is 13.7. The van der Waals surface area contributed by atoms with Gasteiger partial charge in [-0.15, -0.1) is 0 Å². The summed E-state index contributed by atoms with van der Waals surface area (Å²) in [7, 11) is 1.30. The Kier molecular flexibility index (Phi) is 7.97. The lowest BCUT2D eigenvalue weighted by Crippen LogP contribution is -2.51. The first-order valence-electron chi connectivity index (χ1n) is 16.1. The van der Waals surface area contributed by atoms with Crippen LogP contribution in [0.3, 0.4) is 0 Å². The van der Waals surface area contributed by atoms with Gasteiger partial charge in [-0.25, -0.2) is 14.8 Å². The van der Waals surface area contributed by atoms with E-state index in [1.165, 1.54) is 7.11 Å². The molecular weight excluding hydrogens is 588 g/mol. The maximum atomic E-state index is 13.7. The highest BCUT2D eigenvalue weighted by Gasteiger charge is 2.40. The van der Waals surface area contributed by atoms with Gasteiger partial charge < -0.3 is 24.3 Å². The van der Waals surface area contributed by atoms with Crippen LogP contribution in [-0.2, 0) is 9.53 Å². The highest BCUT2D eigenvalue weighted by molar-refractivity contribution is 5.87. The van der Waals surface area contributed by atoms with Gasteiger partial charge in [0.1, 0.15) is 17.5 Å². The quantitative estimate of drug-likeness (QED) is 0.191. The number of likely N-dealkylation sites (tertiary alicyclic amines) is 1. The van der Waals surface area contributed by atoms with E-state index in [0.29, 0.717) is 12.5 Å².